The van der Waals surface area contributed by atoms with E-state index in [1.54, 1.807) is 4.68 Å². The zero-order valence-corrected chi connectivity index (χ0v) is 12.9. The van der Waals surface area contributed by atoms with Gasteiger partial charge in [0.1, 0.15) is 6.07 Å². The summed E-state index contributed by atoms with van der Waals surface area (Å²) in [6.07, 6.45) is 5.97. The highest BCUT2D eigenvalue weighted by Crippen LogP contribution is 2.40. The van der Waals surface area contributed by atoms with E-state index in [9.17, 15) is 4.79 Å². The Hall–Kier alpha value is -3.20. The maximum atomic E-state index is 11.3. The topological polar surface area (TPSA) is 97.6 Å². The third-order valence-corrected chi connectivity index (χ3v) is 4.29. The Morgan fingerprint density at radius 1 is 1.38 bits per heavy atom. The monoisotopic (exact) mass is 317 g/mol. The van der Waals surface area contributed by atoms with Crippen molar-refractivity contribution in [3.63, 3.8) is 0 Å². The van der Waals surface area contributed by atoms with Gasteiger partial charge in [0.15, 0.2) is 5.69 Å². The number of aromatic nitrogens is 3. The zero-order valence-electron chi connectivity index (χ0n) is 12.9. The quantitative estimate of drug-likeness (QED) is 0.798. The van der Waals surface area contributed by atoms with Crippen LogP contribution in [0.1, 0.15) is 45.9 Å². The van der Waals surface area contributed by atoms with Gasteiger partial charge in [-0.15, -0.1) is 0 Å². The number of nitriles is 1. The molecule has 4 rings (SSSR count). The lowest BCUT2D eigenvalue weighted by Gasteiger charge is -2.05. The van der Waals surface area contributed by atoms with E-state index in [-0.39, 0.29) is 11.3 Å². The van der Waals surface area contributed by atoms with Gasteiger partial charge < -0.3 is 5.73 Å². The molecular weight excluding hydrogens is 302 g/mol. The smallest absolute Gasteiger partial charge is 0.253 e. The molecule has 0 spiro atoms. The molecule has 1 fully saturated rings. The Balaban J connectivity index is 1.66. The van der Waals surface area contributed by atoms with Crippen molar-refractivity contribution in [3.8, 4) is 6.07 Å². The molecule has 3 aromatic rings. The SMILES string of the molecule is N#Cc1nn(Cc2ccc3ncc(C4CC4)cc3c2)cc1C(N)=O. The summed E-state index contributed by atoms with van der Waals surface area (Å²) in [4.78, 5) is 15.9. The largest absolute Gasteiger partial charge is 0.365 e. The number of rotatable bonds is 4. The summed E-state index contributed by atoms with van der Waals surface area (Å²) in [5.41, 5.74) is 8.75. The first kappa shape index (κ1) is 14.4. The van der Waals surface area contributed by atoms with Crippen molar-refractivity contribution in [3.05, 3.63) is 59.0 Å². The van der Waals surface area contributed by atoms with Crippen molar-refractivity contribution in [1.82, 2.24) is 14.8 Å². The summed E-state index contributed by atoms with van der Waals surface area (Å²) in [6, 6.07) is 10.1. The highest BCUT2D eigenvalue weighted by atomic mass is 16.1. The number of fused-ring (bicyclic) bond motifs is 1. The van der Waals surface area contributed by atoms with E-state index in [0.717, 1.165) is 16.5 Å². The molecule has 1 amide bonds. The molecule has 1 saturated carbocycles. The molecule has 2 aromatic heterocycles. The molecular formula is C18H15N5O. The van der Waals surface area contributed by atoms with Gasteiger partial charge in [-0.1, -0.05) is 6.07 Å². The van der Waals surface area contributed by atoms with E-state index in [1.165, 1.54) is 24.6 Å². The van der Waals surface area contributed by atoms with Gasteiger partial charge in [0.2, 0.25) is 0 Å². The number of pyridine rings is 1. The lowest BCUT2D eigenvalue weighted by Crippen LogP contribution is -2.11. The molecule has 2 heterocycles. The second-order valence-electron chi connectivity index (χ2n) is 6.13. The number of nitrogens with two attached hydrogens (primary N) is 1. The average molecular weight is 317 g/mol. The summed E-state index contributed by atoms with van der Waals surface area (Å²) in [6.45, 7) is 0.464. The molecule has 0 radical (unpaired) electrons. The molecule has 0 atom stereocenters. The molecule has 0 unspecified atom stereocenters. The molecule has 1 aliphatic rings. The van der Waals surface area contributed by atoms with Crippen LogP contribution in [0.15, 0.2) is 36.7 Å². The van der Waals surface area contributed by atoms with E-state index in [2.05, 4.69) is 22.2 Å². The Labute approximate surface area is 138 Å². The Morgan fingerprint density at radius 3 is 2.88 bits per heavy atom. The van der Waals surface area contributed by atoms with Crippen LogP contribution < -0.4 is 5.73 Å². The first-order valence-corrected chi connectivity index (χ1v) is 7.80. The highest BCUT2D eigenvalue weighted by molar-refractivity contribution is 5.94. The first-order valence-electron chi connectivity index (χ1n) is 7.80. The predicted octanol–water partition coefficient (Wildman–Crippen LogP) is 2.33. The summed E-state index contributed by atoms with van der Waals surface area (Å²) in [5.74, 6) is 0.0163. The van der Waals surface area contributed by atoms with Crippen LogP contribution in [0, 0.1) is 11.3 Å². The normalized spacial score (nSPS) is 13.8. The highest BCUT2D eigenvalue weighted by Gasteiger charge is 2.23. The lowest BCUT2D eigenvalue weighted by atomic mass is 10.1. The molecule has 1 aliphatic carbocycles. The number of primary amides is 1. The summed E-state index contributed by atoms with van der Waals surface area (Å²) in [7, 11) is 0. The van der Waals surface area contributed by atoms with Gasteiger partial charge in [0, 0.05) is 17.8 Å². The first-order chi connectivity index (χ1) is 11.6. The summed E-state index contributed by atoms with van der Waals surface area (Å²) < 4.78 is 1.57. The third-order valence-electron chi connectivity index (χ3n) is 4.29. The van der Waals surface area contributed by atoms with Gasteiger partial charge >= 0.3 is 0 Å². The van der Waals surface area contributed by atoms with Gasteiger partial charge in [0.05, 0.1) is 17.6 Å². The number of hydrogen-bond donors (Lipinski definition) is 1. The molecule has 6 nitrogen and oxygen atoms in total. The number of hydrogen-bond acceptors (Lipinski definition) is 4. The zero-order chi connectivity index (χ0) is 16.7. The van der Waals surface area contributed by atoms with Gasteiger partial charge in [-0.05, 0) is 48.1 Å². The maximum absolute atomic E-state index is 11.3. The molecule has 0 bridgehead atoms. The van der Waals surface area contributed by atoms with Crippen LogP contribution in [0.4, 0.5) is 0 Å². The molecule has 6 heteroatoms. The molecule has 0 saturated heterocycles. The van der Waals surface area contributed by atoms with Gasteiger partial charge in [-0.25, -0.2) is 0 Å². The van der Waals surface area contributed by atoms with Crippen LogP contribution in [0.2, 0.25) is 0 Å². The Bertz CT molecular complexity index is 994. The van der Waals surface area contributed by atoms with E-state index in [0.29, 0.717) is 12.5 Å². The van der Waals surface area contributed by atoms with Crippen molar-refractivity contribution < 1.29 is 4.79 Å². The van der Waals surface area contributed by atoms with Crippen molar-refractivity contribution in [1.29, 1.82) is 5.26 Å². The van der Waals surface area contributed by atoms with Crippen molar-refractivity contribution in [2.75, 3.05) is 0 Å². The molecule has 1 aromatic carbocycles. The van der Waals surface area contributed by atoms with Gasteiger partial charge in [0.25, 0.3) is 5.91 Å². The fourth-order valence-electron chi connectivity index (χ4n) is 2.89. The molecule has 24 heavy (non-hydrogen) atoms. The van der Waals surface area contributed by atoms with Gasteiger partial charge in [-0.2, -0.15) is 10.4 Å². The van der Waals surface area contributed by atoms with E-state index in [1.807, 2.05) is 24.4 Å². The van der Waals surface area contributed by atoms with Gasteiger partial charge in [-0.3, -0.25) is 14.5 Å². The number of carbonyl (C=O) groups excluding carboxylic acids is 1. The average Bonchev–Trinajstić information content (AvgIpc) is 3.35. The van der Waals surface area contributed by atoms with Crippen LogP contribution in [-0.4, -0.2) is 20.7 Å². The minimum atomic E-state index is -0.644. The summed E-state index contributed by atoms with van der Waals surface area (Å²) in [5, 5.41) is 14.3. The fourth-order valence-corrected chi connectivity index (χ4v) is 2.89. The second-order valence-corrected chi connectivity index (χ2v) is 6.13. The van der Waals surface area contributed by atoms with E-state index in [4.69, 9.17) is 11.0 Å². The number of nitrogens with zero attached hydrogens (tertiary/aromatic N) is 4. The third kappa shape index (κ3) is 2.61. The van der Waals surface area contributed by atoms with Crippen LogP contribution in [0.3, 0.4) is 0 Å². The lowest BCUT2D eigenvalue weighted by molar-refractivity contribution is 0.1000. The number of carbonyl (C=O) groups is 1. The standard InChI is InChI=1S/C18H15N5O/c19-7-17-15(18(20)24)10-23(22-17)9-11-1-4-16-13(5-11)6-14(8-21-16)12-2-3-12/h1,4-6,8,10,12H,2-3,9H2,(H2,20,24). The maximum Gasteiger partial charge on any atom is 0.253 e. The van der Waals surface area contributed by atoms with Crippen LogP contribution >= 0.6 is 0 Å². The molecule has 118 valence electrons. The molecule has 0 aliphatic heterocycles. The minimum Gasteiger partial charge on any atom is -0.365 e. The Morgan fingerprint density at radius 2 is 2.21 bits per heavy atom. The minimum absolute atomic E-state index is 0.0565. The second kappa shape index (κ2) is 5.46. The number of amides is 1. The Kier molecular flexibility index (Phi) is 3.28. The van der Waals surface area contributed by atoms with Crippen molar-refractivity contribution >= 4 is 16.8 Å². The number of benzene rings is 1. The predicted molar refractivity (Wildman–Crippen MR) is 88.3 cm³/mol. The van der Waals surface area contributed by atoms with Crippen LogP contribution in [0.5, 0.6) is 0 Å². The summed E-state index contributed by atoms with van der Waals surface area (Å²) >= 11 is 0. The fraction of sp³-hybridized carbons (Fsp3) is 0.222. The van der Waals surface area contributed by atoms with E-state index >= 15 is 0 Å². The van der Waals surface area contributed by atoms with Crippen molar-refractivity contribution in [2.24, 2.45) is 5.73 Å². The van der Waals surface area contributed by atoms with Crippen LogP contribution in [-0.2, 0) is 6.54 Å². The molecule has 2 N–H and O–H groups in total. The van der Waals surface area contributed by atoms with E-state index < -0.39 is 5.91 Å². The van der Waals surface area contributed by atoms with Crippen LogP contribution in [0.25, 0.3) is 10.9 Å². The van der Waals surface area contributed by atoms with Crippen molar-refractivity contribution in [2.45, 2.75) is 25.3 Å².